The minimum atomic E-state index is -1.34. The number of ether oxygens (including phenoxy) is 3. The molecule has 0 spiro atoms. The zero-order valence-corrected chi connectivity index (χ0v) is 27.1. The van der Waals surface area contributed by atoms with Gasteiger partial charge in [0.2, 0.25) is 0 Å². The topological polar surface area (TPSA) is 156 Å². The first-order valence-electron chi connectivity index (χ1n) is 15.2. The molecule has 6 rings (SSSR count). The van der Waals surface area contributed by atoms with Crippen LogP contribution >= 0.6 is 0 Å². The number of aromatic nitrogens is 5. The second-order valence-electron chi connectivity index (χ2n) is 10.9. The highest BCUT2D eigenvalue weighted by atomic mass is 16.5. The molecule has 2 N–H and O–H groups in total. The van der Waals surface area contributed by atoms with Crippen LogP contribution in [0.2, 0.25) is 0 Å². The molecule has 2 aromatic carbocycles. The first kappa shape index (κ1) is 31.9. The predicted octanol–water partition coefficient (Wildman–Crippen LogP) is 5.74. The van der Waals surface area contributed by atoms with E-state index in [1.54, 1.807) is 50.2 Å². The molecule has 0 radical (unpaired) electrons. The third kappa shape index (κ3) is 6.05. The third-order valence-corrected chi connectivity index (χ3v) is 7.84. The minimum absolute atomic E-state index is 0.00688. The van der Waals surface area contributed by atoms with Crippen LogP contribution < -0.4 is 19.5 Å². The lowest BCUT2D eigenvalue weighted by Crippen LogP contribution is -2.23. The zero-order chi connectivity index (χ0) is 33.9. The molecule has 0 aliphatic carbocycles. The van der Waals surface area contributed by atoms with Crippen LogP contribution in [0.1, 0.15) is 50.4 Å². The Morgan fingerprint density at radius 3 is 2.54 bits per heavy atom. The number of aryl methyl sites for hydroxylation is 3. The fourth-order valence-electron chi connectivity index (χ4n) is 5.47. The summed E-state index contributed by atoms with van der Waals surface area (Å²) in [6.45, 7) is 6.39. The Morgan fingerprint density at radius 2 is 1.83 bits per heavy atom. The molecule has 48 heavy (non-hydrogen) atoms. The van der Waals surface area contributed by atoms with Crippen LogP contribution in [0.5, 0.6) is 17.2 Å². The number of nitrogens with zero attached hydrogens (tertiary/aromatic N) is 5. The lowest BCUT2D eigenvalue weighted by Gasteiger charge is -2.11. The molecule has 0 bridgehead atoms. The Kier molecular flexibility index (Phi) is 8.84. The quantitative estimate of drug-likeness (QED) is 0.168. The maximum Gasteiger partial charge on any atom is 0.375 e. The molecule has 1 amide bonds. The Morgan fingerprint density at radius 1 is 1.04 bits per heavy atom. The highest BCUT2D eigenvalue weighted by molar-refractivity contribution is 6.07. The number of oxazole rings is 1. The molecule has 13 nitrogen and oxygen atoms in total. The number of aromatic carboxylic acids is 1. The van der Waals surface area contributed by atoms with Crippen molar-refractivity contribution in [2.24, 2.45) is 0 Å². The number of pyridine rings is 1. The molecule has 13 heteroatoms. The fraction of sp³-hybridized carbons (Fsp3) is 0.229. The molecule has 4 heterocycles. The normalized spacial score (nSPS) is 11.1. The molecule has 4 aromatic heterocycles. The summed E-state index contributed by atoms with van der Waals surface area (Å²) in [6.07, 6.45) is 3.11. The number of carbonyl (C=O) groups excluding carboxylic acids is 1. The number of amides is 1. The first-order valence-corrected chi connectivity index (χ1v) is 15.2. The summed E-state index contributed by atoms with van der Waals surface area (Å²) in [6, 6.07) is 16.7. The van der Waals surface area contributed by atoms with E-state index in [0.29, 0.717) is 57.3 Å². The minimum Gasteiger partial charge on any atom is -0.497 e. The van der Waals surface area contributed by atoms with E-state index < -0.39 is 11.7 Å². The Balaban J connectivity index is 1.40. The van der Waals surface area contributed by atoms with Gasteiger partial charge in [-0.2, -0.15) is 10.1 Å². The van der Waals surface area contributed by atoms with Gasteiger partial charge in [-0.05, 0) is 44.5 Å². The van der Waals surface area contributed by atoms with Gasteiger partial charge in [0, 0.05) is 42.0 Å². The second kappa shape index (κ2) is 13.3. The molecule has 0 saturated heterocycles. The zero-order valence-electron chi connectivity index (χ0n) is 27.1. The SMILES string of the molecule is CCn1nc(C)c(OCc2ccccc2)c1-c1nc(-n2cc(C(=O)NCc3ccc(OC)cc3OC)c3cc(C)ncc32)c(C(=O)O)o1. The fourth-order valence-corrected chi connectivity index (χ4v) is 5.47. The van der Waals surface area contributed by atoms with Crippen molar-refractivity contribution in [2.45, 2.75) is 40.5 Å². The van der Waals surface area contributed by atoms with Crippen LogP contribution in [0, 0.1) is 13.8 Å². The number of rotatable bonds is 12. The second-order valence-corrected chi connectivity index (χ2v) is 10.9. The van der Waals surface area contributed by atoms with Gasteiger partial charge in [-0.1, -0.05) is 30.3 Å². The van der Waals surface area contributed by atoms with E-state index in [-0.39, 0.29) is 30.8 Å². The summed E-state index contributed by atoms with van der Waals surface area (Å²) in [7, 11) is 3.11. The van der Waals surface area contributed by atoms with Crippen molar-refractivity contribution >= 4 is 22.8 Å². The summed E-state index contributed by atoms with van der Waals surface area (Å²) >= 11 is 0. The summed E-state index contributed by atoms with van der Waals surface area (Å²) in [4.78, 5) is 35.3. The van der Waals surface area contributed by atoms with E-state index in [1.807, 2.05) is 50.2 Å². The number of hydrogen-bond acceptors (Lipinski definition) is 9. The first-order chi connectivity index (χ1) is 23.2. The number of carboxylic acids is 1. The van der Waals surface area contributed by atoms with Gasteiger partial charge in [0.05, 0.1) is 31.5 Å². The maximum atomic E-state index is 13.7. The smallest absolute Gasteiger partial charge is 0.375 e. The van der Waals surface area contributed by atoms with Gasteiger partial charge in [-0.15, -0.1) is 0 Å². The highest BCUT2D eigenvalue weighted by Crippen LogP contribution is 2.36. The van der Waals surface area contributed by atoms with Crippen LogP contribution in [-0.2, 0) is 19.7 Å². The molecular formula is C35H34N6O7. The van der Waals surface area contributed by atoms with Gasteiger partial charge >= 0.3 is 5.97 Å². The van der Waals surface area contributed by atoms with Crippen LogP contribution in [0.3, 0.4) is 0 Å². The van der Waals surface area contributed by atoms with Crippen LogP contribution in [-0.4, -0.2) is 55.5 Å². The standard InChI is InChI=1S/C35H34N6O7/c1-6-41-29(30(21(3)39-41)47-19-22-10-8-7-9-11-22)34-38-32(31(48-34)35(43)44)40-18-26(25-14-20(2)36-17-27(25)40)33(42)37-16-23-12-13-24(45-4)15-28(23)46-5/h7-15,17-18H,6,16,19H2,1-5H3,(H,37,42)(H,43,44). The van der Waals surface area contributed by atoms with E-state index in [9.17, 15) is 14.7 Å². The Labute approximate surface area is 275 Å². The summed E-state index contributed by atoms with van der Waals surface area (Å²) in [5.74, 6) is -0.560. The number of benzene rings is 2. The van der Waals surface area contributed by atoms with Crippen molar-refractivity contribution in [3.8, 4) is 34.7 Å². The lowest BCUT2D eigenvalue weighted by atomic mass is 10.1. The molecule has 246 valence electrons. The number of nitrogens with one attached hydrogen (secondary N) is 1. The van der Waals surface area contributed by atoms with Crippen molar-refractivity contribution in [1.29, 1.82) is 0 Å². The van der Waals surface area contributed by atoms with Crippen LogP contribution in [0.25, 0.3) is 28.3 Å². The third-order valence-electron chi connectivity index (χ3n) is 7.84. The van der Waals surface area contributed by atoms with Gasteiger partial charge in [0.1, 0.15) is 23.8 Å². The number of hydrogen-bond donors (Lipinski definition) is 2. The Bertz CT molecular complexity index is 2130. The summed E-state index contributed by atoms with van der Waals surface area (Å²) in [5.41, 5.74) is 4.13. The maximum absolute atomic E-state index is 13.7. The molecule has 0 unspecified atom stereocenters. The molecule has 6 aromatic rings. The predicted molar refractivity (Wildman–Crippen MR) is 176 cm³/mol. The molecule has 0 aliphatic heterocycles. The molecular weight excluding hydrogens is 616 g/mol. The van der Waals surface area contributed by atoms with Gasteiger partial charge in [-0.25, -0.2) is 4.79 Å². The number of methoxy groups -OCH3 is 2. The number of carbonyl (C=O) groups is 2. The van der Waals surface area contributed by atoms with Gasteiger partial charge in [-0.3, -0.25) is 19.0 Å². The monoisotopic (exact) mass is 650 g/mol. The average Bonchev–Trinajstić information content (AvgIpc) is 3.79. The van der Waals surface area contributed by atoms with E-state index in [4.69, 9.17) is 18.6 Å². The largest absolute Gasteiger partial charge is 0.497 e. The van der Waals surface area contributed by atoms with Gasteiger partial charge in [0.25, 0.3) is 17.6 Å². The van der Waals surface area contributed by atoms with Crippen molar-refractivity contribution in [2.75, 3.05) is 14.2 Å². The summed E-state index contributed by atoms with van der Waals surface area (Å²) < 4.78 is 26.1. The van der Waals surface area contributed by atoms with Crippen molar-refractivity contribution in [3.05, 3.63) is 101 Å². The molecule has 0 atom stereocenters. The summed E-state index contributed by atoms with van der Waals surface area (Å²) in [5, 5.41) is 18.3. The van der Waals surface area contributed by atoms with Crippen molar-refractivity contribution in [3.63, 3.8) is 0 Å². The number of carboxylic acid groups (broad SMARTS) is 1. The van der Waals surface area contributed by atoms with Gasteiger partial charge < -0.3 is 29.1 Å². The van der Waals surface area contributed by atoms with E-state index in [2.05, 4.69) is 20.4 Å². The average molecular weight is 651 g/mol. The van der Waals surface area contributed by atoms with E-state index in [0.717, 1.165) is 11.1 Å². The number of fused-ring (bicyclic) bond motifs is 1. The van der Waals surface area contributed by atoms with Crippen molar-refractivity contribution < 1.29 is 33.3 Å². The van der Waals surface area contributed by atoms with Gasteiger partial charge in [0.15, 0.2) is 17.3 Å². The molecule has 0 aliphatic rings. The van der Waals surface area contributed by atoms with E-state index >= 15 is 0 Å². The Hall–Kier alpha value is -6.11. The molecule has 0 saturated carbocycles. The highest BCUT2D eigenvalue weighted by Gasteiger charge is 2.30. The van der Waals surface area contributed by atoms with Crippen LogP contribution in [0.4, 0.5) is 0 Å². The lowest BCUT2D eigenvalue weighted by molar-refractivity contribution is 0.0663. The van der Waals surface area contributed by atoms with Crippen molar-refractivity contribution in [1.82, 2.24) is 29.6 Å². The van der Waals surface area contributed by atoms with E-state index in [1.165, 1.54) is 10.8 Å². The molecule has 0 fully saturated rings. The van der Waals surface area contributed by atoms with Crippen LogP contribution in [0.15, 0.2) is 71.4 Å².